The van der Waals surface area contributed by atoms with Crippen LogP contribution in [0, 0.1) is 0 Å². The molecule has 0 aliphatic rings. The molecule has 0 saturated heterocycles. The fraction of sp³-hybridized carbons (Fsp3) is 0.750. The summed E-state index contributed by atoms with van der Waals surface area (Å²) in [5.74, 6) is 0. The van der Waals surface area contributed by atoms with Gasteiger partial charge in [0.2, 0.25) is 0 Å². The van der Waals surface area contributed by atoms with Gasteiger partial charge in [0, 0.05) is 12.4 Å². The quantitative estimate of drug-likeness (QED) is 0.268. The van der Waals surface area contributed by atoms with E-state index in [4.69, 9.17) is 10.4 Å². The molecule has 4 heteroatoms. The molecule has 0 aromatic carbocycles. The number of hydrogen-bond donors (Lipinski definition) is 2. The maximum atomic E-state index is 8.06. The Hall–Kier alpha value is -1.06. The third kappa shape index (κ3) is 8.94. The van der Waals surface area contributed by atoms with Crippen LogP contribution >= 0.6 is 0 Å². The van der Waals surface area contributed by atoms with E-state index in [9.17, 15) is 0 Å². The summed E-state index contributed by atoms with van der Waals surface area (Å²) in [6.07, 6.45) is 9.07. The Morgan fingerprint density at radius 1 is 0.750 bits per heavy atom. The van der Waals surface area contributed by atoms with Crippen LogP contribution in [0.1, 0.15) is 38.5 Å². The molecule has 2 N–H and O–H groups in total. The SMILES string of the molecule is O/N=C/CCCCCC/C=N/O. The Morgan fingerprint density at radius 2 is 1.17 bits per heavy atom. The molecule has 0 bridgehead atoms. The summed E-state index contributed by atoms with van der Waals surface area (Å²) < 4.78 is 0. The Kier molecular flexibility index (Phi) is 9.06. The molecule has 0 aromatic rings. The highest BCUT2D eigenvalue weighted by atomic mass is 16.4. The van der Waals surface area contributed by atoms with E-state index in [0.717, 1.165) is 38.5 Å². The van der Waals surface area contributed by atoms with Gasteiger partial charge in [-0.3, -0.25) is 0 Å². The monoisotopic (exact) mass is 172 g/mol. The Balaban J connectivity index is 2.91. The van der Waals surface area contributed by atoms with Gasteiger partial charge in [-0.05, 0) is 25.7 Å². The fourth-order valence-corrected chi connectivity index (χ4v) is 0.940. The largest absolute Gasteiger partial charge is 0.411 e. The van der Waals surface area contributed by atoms with Crippen molar-refractivity contribution in [1.82, 2.24) is 0 Å². The average Bonchev–Trinajstić information content (AvgIpc) is 2.10. The lowest BCUT2D eigenvalue weighted by Crippen LogP contribution is -1.81. The molecule has 0 rings (SSSR count). The molecule has 0 fully saturated rings. The van der Waals surface area contributed by atoms with E-state index in [-0.39, 0.29) is 0 Å². The van der Waals surface area contributed by atoms with Crippen LogP contribution in [-0.4, -0.2) is 22.8 Å². The lowest BCUT2D eigenvalue weighted by Gasteiger charge is -1.94. The molecule has 0 aliphatic carbocycles. The van der Waals surface area contributed by atoms with Crippen LogP contribution in [0.2, 0.25) is 0 Å². The Labute approximate surface area is 72.6 Å². The van der Waals surface area contributed by atoms with Gasteiger partial charge in [-0.2, -0.15) is 0 Å². The molecular weight excluding hydrogens is 156 g/mol. The van der Waals surface area contributed by atoms with Crippen molar-refractivity contribution in [3.8, 4) is 0 Å². The summed E-state index contributed by atoms with van der Waals surface area (Å²) >= 11 is 0. The zero-order chi connectivity index (χ0) is 9.07. The van der Waals surface area contributed by atoms with Crippen molar-refractivity contribution in [2.45, 2.75) is 38.5 Å². The first-order valence-corrected chi connectivity index (χ1v) is 4.23. The molecule has 0 aliphatic heterocycles. The van der Waals surface area contributed by atoms with E-state index in [1.54, 1.807) is 0 Å². The summed E-state index contributed by atoms with van der Waals surface area (Å²) in [5, 5.41) is 21.9. The molecule has 0 spiro atoms. The highest BCUT2D eigenvalue weighted by Gasteiger charge is 1.87. The number of unbranched alkanes of at least 4 members (excludes halogenated alkanes) is 5. The molecule has 4 nitrogen and oxygen atoms in total. The average molecular weight is 172 g/mol. The minimum Gasteiger partial charge on any atom is -0.411 e. The molecule has 0 unspecified atom stereocenters. The maximum Gasteiger partial charge on any atom is 0.0435 e. The van der Waals surface area contributed by atoms with E-state index in [0.29, 0.717) is 0 Å². The van der Waals surface area contributed by atoms with E-state index >= 15 is 0 Å². The summed E-state index contributed by atoms with van der Waals surface area (Å²) in [6, 6.07) is 0. The van der Waals surface area contributed by atoms with Crippen molar-refractivity contribution in [3.05, 3.63) is 0 Å². The Morgan fingerprint density at radius 3 is 1.50 bits per heavy atom. The van der Waals surface area contributed by atoms with Crippen molar-refractivity contribution < 1.29 is 10.4 Å². The second-order valence-electron chi connectivity index (χ2n) is 2.59. The van der Waals surface area contributed by atoms with Crippen molar-refractivity contribution in [1.29, 1.82) is 0 Å². The maximum absolute atomic E-state index is 8.06. The molecule has 0 atom stereocenters. The van der Waals surface area contributed by atoms with Gasteiger partial charge in [0.25, 0.3) is 0 Å². The first-order chi connectivity index (χ1) is 5.91. The van der Waals surface area contributed by atoms with Crippen molar-refractivity contribution in [2.24, 2.45) is 10.3 Å². The third-order valence-electron chi connectivity index (χ3n) is 1.58. The topological polar surface area (TPSA) is 65.2 Å². The van der Waals surface area contributed by atoms with Crippen LogP contribution < -0.4 is 0 Å². The predicted octanol–water partition coefficient (Wildman–Crippen LogP) is 2.25. The molecule has 70 valence electrons. The van der Waals surface area contributed by atoms with Gasteiger partial charge >= 0.3 is 0 Å². The van der Waals surface area contributed by atoms with Gasteiger partial charge in [-0.1, -0.05) is 12.8 Å². The molecule has 0 radical (unpaired) electrons. The molecular formula is C8H16N2O2. The predicted molar refractivity (Wildman–Crippen MR) is 48.3 cm³/mol. The number of nitrogens with zero attached hydrogens (tertiary/aromatic N) is 2. The molecule has 12 heavy (non-hydrogen) atoms. The van der Waals surface area contributed by atoms with Crippen LogP contribution in [0.4, 0.5) is 0 Å². The van der Waals surface area contributed by atoms with Gasteiger partial charge in [-0.25, -0.2) is 0 Å². The zero-order valence-corrected chi connectivity index (χ0v) is 7.19. The number of oxime groups is 2. The minimum absolute atomic E-state index is 0.838. The van der Waals surface area contributed by atoms with Crippen LogP contribution in [-0.2, 0) is 0 Å². The number of rotatable bonds is 7. The summed E-state index contributed by atoms with van der Waals surface area (Å²) in [4.78, 5) is 0. The Bertz CT molecular complexity index is 119. The second kappa shape index (κ2) is 9.94. The van der Waals surface area contributed by atoms with E-state index in [1.165, 1.54) is 12.4 Å². The van der Waals surface area contributed by atoms with Crippen LogP contribution in [0.3, 0.4) is 0 Å². The third-order valence-corrected chi connectivity index (χ3v) is 1.58. The molecule has 0 aromatic heterocycles. The van der Waals surface area contributed by atoms with Gasteiger partial charge in [0.15, 0.2) is 0 Å². The lowest BCUT2D eigenvalue weighted by atomic mass is 10.1. The van der Waals surface area contributed by atoms with Crippen molar-refractivity contribution in [2.75, 3.05) is 0 Å². The first-order valence-electron chi connectivity index (χ1n) is 4.23. The van der Waals surface area contributed by atoms with Gasteiger partial charge in [-0.15, -0.1) is 10.3 Å². The van der Waals surface area contributed by atoms with E-state index < -0.39 is 0 Å². The number of hydrogen-bond acceptors (Lipinski definition) is 4. The molecule has 0 saturated carbocycles. The van der Waals surface area contributed by atoms with Gasteiger partial charge in [0.1, 0.15) is 0 Å². The normalized spacial score (nSPS) is 11.7. The van der Waals surface area contributed by atoms with Crippen LogP contribution in [0.25, 0.3) is 0 Å². The van der Waals surface area contributed by atoms with Crippen LogP contribution in [0.15, 0.2) is 10.3 Å². The van der Waals surface area contributed by atoms with Gasteiger partial charge in [0.05, 0.1) is 0 Å². The standard InChI is InChI=1S/C8H16N2O2/c11-9-7-5-3-1-2-4-6-8-10-12/h7-8,11-12H,1-6H2/b9-7+,10-8+. The molecule has 0 amide bonds. The van der Waals surface area contributed by atoms with Gasteiger partial charge < -0.3 is 10.4 Å². The van der Waals surface area contributed by atoms with Crippen molar-refractivity contribution >= 4 is 12.4 Å². The summed E-state index contributed by atoms with van der Waals surface area (Å²) in [6.45, 7) is 0. The fourth-order valence-electron chi connectivity index (χ4n) is 0.940. The molecule has 0 heterocycles. The minimum atomic E-state index is 0.838. The smallest absolute Gasteiger partial charge is 0.0435 e. The summed E-state index contributed by atoms with van der Waals surface area (Å²) in [5.41, 5.74) is 0. The highest BCUT2D eigenvalue weighted by Crippen LogP contribution is 2.03. The summed E-state index contributed by atoms with van der Waals surface area (Å²) in [7, 11) is 0. The lowest BCUT2D eigenvalue weighted by molar-refractivity contribution is 0.319. The van der Waals surface area contributed by atoms with Crippen molar-refractivity contribution in [3.63, 3.8) is 0 Å². The first kappa shape index (κ1) is 10.9. The zero-order valence-electron chi connectivity index (χ0n) is 7.19. The second-order valence-corrected chi connectivity index (χ2v) is 2.59. The van der Waals surface area contributed by atoms with E-state index in [1.807, 2.05) is 0 Å². The van der Waals surface area contributed by atoms with E-state index in [2.05, 4.69) is 10.3 Å². The van der Waals surface area contributed by atoms with Crippen LogP contribution in [0.5, 0.6) is 0 Å². The highest BCUT2D eigenvalue weighted by molar-refractivity contribution is 5.56.